The zero-order valence-electron chi connectivity index (χ0n) is 12.2. The molecular weight excluding hydrogens is 270 g/mol. The third-order valence-electron chi connectivity index (χ3n) is 3.85. The average molecular weight is 285 g/mol. The monoisotopic (exact) mass is 285 g/mol. The number of aromatic nitrogens is 3. The van der Waals surface area contributed by atoms with Crippen LogP contribution in [-0.4, -0.2) is 15.2 Å². The quantitative estimate of drug-likeness (QED) is 0.584. The molecule has 0 aliphatic rings. The molecule has 0 saturated heterocycles. The fraction of sp³-hybridized carbons (Fsp3) is 0.0526. The van der Waals surface area contributed by atoms with E-state index in [9.17, 15) is 0 Å². The van der Waals surface area contributed by atoms with Crippen molar-refractivity contribution in [3.05, 3.63) is 72.4 Å². The molecule has 0 spiro atoms. The first-order chi connectivity index (χ1) is 10.8. The van der Waals surface area contributed by atoms with Crippen molar-refractivity contribution in [1.29, 1.82) is 0 Å². The minimum Gasteiger partial charge on any atom is -0.282 e. The largest absolute Gasteiger partial charge is 0.282 e. The fourth-order valence-electron chi connectivity index (χ4n) is 2.75. The highest BCUT2D eigenvalue weighted by atomic mass is 15.1. The molecule has 4 rings (SSSR count). The van der Waals surface area contributed by atoms with E-state index in [0.29, 0.717) is 0 Å². The first-order valence-corrected chi connectivity index (χ1v) is 7.29. The predicted molar refractivity (Wildman–Crippen MR) is 89.5 cm³/mol. The van der Waals surface area contributed by atoms with Crippen LogP contribution in [0, 0.1) is 6.92 Å². The molecule has 0 saturated carbocycles. The van der Waals surface area contributed by atoms with Gasteiger partial charge in [-0.15, -0.1) is 0 Å². The molecule has 2 aromatic carbocycles. The summed E-state index contributed by atoms with van der Waals surface area (Å²) in [6, 6.07) is 22.5. The standard InChI is InChI=1S/C19H15N3/c1-13-18(19(22-21-13)15-8-3-2-4-9-15)17-12-11-14-7-5-6-10-16(14)20-17/h2-12H,1H3,(H,21,22). The van der Waals surface area contributed by atoms with E-state index in [0.717, 1.165) is 39.1 Å². The lowest BCUT2D eigenvalue weighted by Crippen LogP contribution is -1.88. The lowest BCUT2D eigenvalue weighted by atomic mass is 10.0. The normalized spacial score (nSPS) is 11.0. The Bertz CT molecular complexity index is 939. The number of hydrogen-bond acceptors (Lipinski definition) is 2. The van der Waals surface area contributed by atoms with Crippen LogP contribution in [-0.2, 0) is 0 Å². The molecule has 0 amide bonds. The van der Waals surface area contributed by atoms with Crippen molar-refractivity contribution in [3.63, 3.8) is 0 Å². The van der Waals surface area contributed by atoms with Crippen molar-refractivity contribution < 1.29 is 0 Å². The SMILES string of the molecule is Cc1[nH]nc(-c2ccccc2)c1-c1ccc2ccccc2n1. The molecule has 0 unspecified atom stereocenters. The van der Waals surface area contributed by atoms with Gasteiger partial charge in [-0.1, -0.05) is 54.6 Å². The van der Waals surface area contributed by atoms with Crippen LogP contribution >= 0.6 is 0 Å². The van der Waals surface area contributed by atoms with E-state index in [1.165, 1.54) is 0 Å². The van der Waals surface area contributed by atoms with Crippen LogP contribution in [0.25, 0.3) is 33.4 Å². The Morgan fingerprint density at radius 1 is 0.818 bits per heavy atom. The van der Waals surface area contributed by atoms with Crippen molar-refractivity contribution in [2.75, 3.05) is 0 Å². The summed E-state index contributed by atoms with van der Waals surface area (Å²) in [5.74, 6) is 0. The fourth-order valence-corrected chi connectivity index (χ4v) is 2.75. The molecule has 1 N–H and O–H groups in total. The van der Waals surface area contributed by atoms with Crippen LogP contribution in [0.15, 0.2) is 66.7 Å². The number of benzene rings is 2. The molecule has 4 aromatic rings. The number of rotatable bonds is 2. The summed E-state index contributed by atoms with van der Waals surface area (Å²) >= 11 is 0. The zero-order chi connectivity index (χ0) is 14.9. The van der Waals surface area contributed by atoms with Gasteiger partial charge in [0.25, 0.3) is 0 Å². The van der Waals surface area contributed by atoms with Gasteiger partial charge in [0.2, 0.25) is 0 Å². The second-order valence-electron chi connectivity index (χ2n) is 5.33. The van der Waals surface area contributed by atoms with E-state index in [2.05, 4.69) is 40.5 Å². The second kappa shape index (κ2) is 5.11. The summed E-state index contributed by atoms with van der Waals surface area (Å²) < 4.78 is 0. The average Bonchev–Trinajstić information content (AvgIpc) is 2.97. The molecule has 3 nitrogen and oxygen atoms in total. The van der Waals surface area contributed by atoms with E-state index in [1.54, 1.807) is 0 Å². The minimum atomic E-state index is 0.945. The van der Waals surface area contributed by atoms with Crippen molar-refractivity contribution in [2.24, 2.45) is 0 Å². The highest BCUT2D eigenvalue weighted by molar-refractivity contribution is 5.86. The molecule has 0 radical (unpaired) electrons. The van der Waals surface area contributed by atoms with Gasteiger partial charge in [-0.2, -0.15) is 5.10 Å². The number of aromatic amines is 1. The van der Waals surface area contributed by atoms with E-state index in [4.69, 9.17) is 4.98 Å². The number of nitrogens with one attached hydrogen (secondary N) is 1. The van der Waals surface area contributed by atoms with E-state index < -0.39 is 0 Å². The Kier molecular flexibility index (Phi) is 2.97. The Morgan fingerprint density at radius 2 is 1.59 bits per heavy atom. The molecule has 0 aliphatic heterocycles. The Morgan fingerprint density at radius 3 is 2.45 bits per heavy atom. The van der Waals surface area contributed by atoms with Gasteiger partial charge in [0.05, 0.1) is 11.2 Å². The van der Waals surface area contributed by atoms with Crippen molar-refractivity contribution in [3.8, 4) is 22.5 Å². The molecule has 3 heteroatoms. The number of nitrogens with zero attached hydrogens (tertiary/aromatic N) is 2. The van der Waals surface area contributed by atoms with Gasteiger partial charge in [0, 0.05) is 22.2 Å². The lowest BCUT2D eigenvalue weighted by Gasteiger charge is -2.05. The topological polar surface area (TPSA) is 41.6 Å². The van der Waals surface area contributed by atoms with Gasteiger partial charge in [-0.3, -0.25) is 5.10 Å². The molecule has 0 atom stereocenters. The van der Waals surface area contributed by atoms with Crippen LogP contribution in [0.4, 0.5) is 0 Å². The van der Waals surface area contributed by atoms with Gasteiger partial charge in [0.1, 0.15) is 5.69 Å². The van der Waals surface area contributed by atoms with Gasteiger partial charge >= 0.3 is 0 Å². The highest BCUT2D eigenvalue weighted by Gasteiger charge is 2.15. The van der Waals surface area contributed by atoms with Crippen LogP contribution < -0.4 is 0 Å². The van der Waals surface area contributed by atoms with Crippen molar-refractivity contribution in [1.82, 2.24) is 15.2 Å². The summed E-state index contributed by atoms with van der Waals surface area (Å²) in [5.41, 5.74) is 6.08. The summed E-state index contributed by atoms with van der Waals surface area (Å²) in [7, 11) is 0. The molecule has 2 heterocycles. The first-order valence-electron chi connectivity index (χ1n) is 7.29. The Balaban J connectivity index is 1.93. The summed E-state index contributed by atoms with van der Waals surface area (Å²) in [6.07, 6.45) is 0. The summed E-state index contributed by atoms with van der Waals surface area (Å²) in [5, 5.41) is 8.72. The molecule has 2 aromatic heterocycles. The van der Waals surface area contributed by atoms with E-state index in [-0.39, 0.29) is 0 Å². The number of pyridine rings is 1. The third kappa shape index (κ3) is 2.07. The van der Waals surface area contributed by atoms with Gasteiger partial charge in [-0.25, -0.2) is 4.98 Å². The summed E-state index contributed by atoms with van der Waals surface area (Å²) in [6.45, 7) is 2.03. The minimum absolute atomic E-state index is 0.945. The van der Waals surface area contributed by atoms with Crippen LogP contribution in [0.5, 0.6) is 0 Å². The van der Waals surface area contributed by atoms with E-state index >= 15 is 0 Å². The van der Waals surface area contributed by atoms with Gasteiger partial charge in [0.15, 0.2) is 0 Å². The maximum absolute atomic E-state index is 4.80. The molecule has 22 heavy (non-hydrogen) atoms. The Labute approximate surface area is 128 Å². The second-order valence-corrected chi connectivity index (χ2v) is 5.33. The molecule has 0 aliphatic carbocycles. The van der Waals surface area contributed by atoms with Crippen LogP contribution in [0.2, 0.25) is 0 Å². The lowest BCUT2D eigenvalue weighted by molar-refractivity contribution is 1.05. The first kappa shape index (κ1) is 12.8. The number of H-pyrrole nitrogens is 1. The summed E-state index contributed by atoms with van der Waals surface area (Å²) in [4.78, 5) is 4.80. The number of para-hydroxylation sites is 1. The smallest absolute Gasteiger partial charge is 0.102 e. The molecule has 0 bridgehead atoms. The predicted octanol–water partition coefficient (Wildman–Crippen LogP) is 4.60. The van der Waals surface area contributed by atoms with Crippen molar-refractivity contribution >= 4 is 10.9 Å². The van der Waals surface area contributed by atoms with E-state index in [1.807, 2.05) is 43.3 Å². The maximum atomic E-state index is 4.80. The van der Waals surface area contributed by atoms with Crippen LogP contribution in [0.1, 0.15) is 5.69 Å². The number of hydrogen-bond donors (Lipinski definition) is 1. The van der Waals surface area contributed by atoms with Crippen molar-refractivity contribution in [2.45, 2.75) is 6.92 Å². The van der Waals surface area contributed by atoms with Gasteiger partial charge in [-0.05, 0) is 19.1 Å². The zero-order valence-corrected chi connectivity index (χ0v) is 12.2. The number of fused-ring (bicyclic) bond motifs is 1. The highest BCUT2D eigenvalue weighted by Crippen LogP contribution is 2.32. The molecule has 0 fully saturated rings. The molecule has 106 valence electrons. The van der Waals surface area contributed by atoms with Crippen LogP contribution in [0.3, 0.4) is 0 Å². The Hall–Kier alpha value is -2.94. The number of aryl methyl sites for hydroxylation is 1. The van der Waals surface area contributed by atoms with Gasteiger partial charge < -0.3 is 0 Å². The molecular formula is C19H15N3. The third-order valence-corrected chi connectivity index (χ3v) is 3.85. The maximum Gasteiger partial charge on any atom is 0.102 e.